The Bertz CT molecular complexity index is 789. The topological polar surface area (TPSA) is 87.1 Å². The summed E-state index contributed by atoms with van der Waals surface area (Å²) < 4.78 is 4.96. The van der Waals surface area contributed by atoms with Crippen LogP contribution in [-0.2, 0) is 19.1 Å². The van der Waals surface area contributed by atoms with Crippen LogP contribution < -0.4 is 0 Å². The monoisotopic (exact) mass is 492 g/mol. The van der Waals surface area contributed by atoms with Gasteiger partial charge in [0.15, 0.2) is 0 Å². The minimum atomic E-state index is -0.684. The molecule has 8 heteroatoms. The smallest absolute Gasteiger partial charge is 0.310 e. The number of aliphatic hydroxyl groups is 1. The molecule has 1 spiro atoms. The molecule has 7 nitrogen and oxygen atoms in total. The number of amides is 2. The van der Waals surface area contributed by atoms with Crippen LogP contribution in [0.2, 0.25) is 0 Å². The Morgan fingerprint density at radius 1 is 1.35 bits per heavy atom. The lowest BCUT2D eigenvalue weighted by molar-refractivity contribution is -0.154. The number of esters is 1. The van der Waals surface area contributed by atoms with Gasteiger partial charge in [-0.2, -0.15) is 0 Å². The Morgan fingerprint density at radius 2 is 2.12 bits per heavy atom. The van der Waals surface area contributed by atoms with E-state index in [0.29, 0.717) is 19.6 Å². The van der Waals surface area contributed by atoms with Crippen molar-refractivity contribution in [3.05, 3.63) is 25.3 Å². The summed E-state index contributed by atoms with van der Waals surface area (Å²) in [5, 5.41) is 9.72. The summed E-state index contributed by atoms with van der Waals surface area (Å²) in [4.78, 5) is 44.2. The van der Waals surface area contributed by atoms with Gasteiger partial charge in [-0.25, -0.2) is 0 Å². The maximum Gasteiger partial charge on any atom is 0.310 e. The highest BCUT2D eigenvalue weighted by molar-refractivity contribution is 8.02. The lowest BCUT2D eigenvalue weighted by atomic mass is 9.71. The van der Waals surface area contributed by atoms with Crippen molar-refractivity contribution >= 4 is 29.5 Å². The van der Waals surface area contributed by atoms with Crippen molar-refractivity contribution in [1.29, 1.82) is 0 Å². The summed E-state index contributed by atoms with van der Waals surface area (Å²) in [5.74, 6) is -1.74. The number of thioether (sulfide) groups is 1. The van der Waals surface area contributed by atoms with Gasteiger partial charge >= 0.3 is 5.97 Å². The summed E-state index contributed by atoms with van der Waals surface area (Å²) >= 11 is 1.63. The van der Waals surface area contributed by atoms with E-state index in [1.54, 1.807) is 22.7 Å². The van der Waals surface area contributed by atoms with Gasteiger partial charge in [-0.1, -0.05) is 25.5 Å². The van der Waals surface area contributed by atoms with Crippen molar-refractivity contribution in [1.82, 2.24) is 9.80 Å². The van der Waals surface area contributed by atoms with Crippen LogP contribution in [0.3, 0.4) is 0 Å². The molecule has 0 saturated carbocycles. The summed E-state index contributed by atoms with van der Waals surface area (Å²) in [6.45, 7) is 12.3. The number of allylic oxidation sites excluding steroid dienone is 1. The minimum absolute atomic E-state index is 0.0111. The van der Waals surface area contributed by atoms with Gasteiger partial charge in [-0.15, -0.1) is 24.9 Å². The maximum atomic E-state index is 14.0. The average molecular weight is 493 g/mol. The zero-order valence-electron chi connectivity index (χ0n) is 20.6. The van der Waals surface area contributed by atoms with Crippen LogP contribution in [0.4, 0.5) is 0 Å². The molecule has 0 aliphatic carbocycles. The molecular formula is C26H40N2O5S. The highest BCUT2D eigenvalue weighted by Gasteiger charge is 2.74. The van der Waals surface area contributed by atoms with E-state index in [0.717, 1.165) is 38.5 Å². The first-order chi connectivity index (χ1) is 16.4. The summed E-state index contributed by atoms with van der Waals surface area (Å²) in [5.41, 5.74) is 0. The number of ether oxygens (including phenoxy) is 1. The molecule has 34 heavy (non-hydrogen) atoms. The number of fused-ring (bicyclic) bond motifs is 1. The first-order valence-electron chi connectivity index (χ1n) is 12.7. The zero-order valence-corrected chi connectivity index (χ0v) is 21.4. The van der Waals surface area contributed by atoms with Crippen LogP contribution in [0, 0.1) is 11.8 Å². The maximum absolute atomic E-state index is 14.0. The molecule has 3 rings (SSSR count). The van der Waals surface area contributed by atoms with Crippen LogP contribution in [0.5, 0.6) is 0 Å². The number of unbranched alkanes of at least 4 members (excludes halogenated alkanes) is 2. The van der Waals surface area contributed by atoms with E-state index in [1.165, 1.54) is 0 Å². The van der Waals surface area contributed by atoms with E-state index < -0.39 is 22.6 Å². The normalized spacial score (nSPS) is 30.2. The predicted molar refractivity (Wildman–Crippen MR) is 134 cm³/mol. The third-order valence-corrected chi connectivity index (χ3v) is 9.49. The molecule has 2 bridgehead atoms. The Morgan fingerprint density at radius 3 is 2.76 bits per heavy atom. The molecule has 3 aliphatic rings. The Hall–Kier alpha value is -1.80. The van der Waals surface area contributed by atoms with E-state index in [2.05, 4.69) is 20.1 Å². The minimum Gasteiger partial charge on any atom is -0.465 e. The van der Waals surface area contributed by atoms with Crippen LogP contribution in [0.15, 0.2) is 25.3 Å². The fraction of sp³-hybridized carbons (Fsp3) is 0.731. The lowest BCUT2D eigenvalue weighted by Crippen LogP contribution is -2.56. The van der Waals surface area contributed by atoms with E-state index >= 15 is 0 Å². The molecule has 0 aromatic carbocycles. The number of hydrogen-bond acceptors (Lipinski definition) is 6. The zero-order chi connectivity index (χ0) is 24.9. The summed E-state index contributed by atoms with van der Waals surface area (Å²) in [6, 6.07) is -0.672. The summed E-state index contributed by atoms with van der Waals surface area (Å²) in [7, 11) is 0. The highest BCUT2D eigenvalue weighted by Crippen LogP contribution is 2.66. The molecule has 3 saturated heterocycles. The number of rotatable bonds is 14. The molecule has 2 amide bonds. The van der Waals surface area contributed by atoms with Gasteiger partial charge < -0.3 is 19.6 Å². The van der Waals surface area contributed by atoms with Crippen LogP contribution in [0.25, 0.3) is 0 Å². The number of hydrogen-bond donors (Lipinski definition) is 1. The van der Waals surface area contributed by atoms with Crippen molar-refractivity contribution in [2.45, 2.75) is 80.9 Å². The van der Waals surface area contributed by atoms with Gasteiger partial charge in [-0.3, -0.25) is 14.4 Å². The fourth-order valence-corrected chi connectivity index (χ4v) is 8.27. The quantitative estimate of drug-likeness (QED) is 0.228. The Labute approximate surface area is 208 Å². The van der Waals surface area contributed by atoms with E-state index in [9.17, 15) is 19.5 Å². The van der Waals surface area contributed by atoms with E-state index in [-0.39, 0.29) is 42.2 Å². The Balaban J connectivity index is 1.87. The second kappa shape index (κ2) is 11.8. The van der Waals surface area contributed by atoms with Crippen molar-refractivity contribution in [3.63, 3.8) is 0 Å². The van der Waals surface area contributed by atoms with Gasteiger partial charge in [0.25, 0.3) is 0 Å². The van der Waals surface area contributed by atoms with Gasteiger partial charge in [0.2, 0.25) is 11.8 Å². The first-order valence-corrected chi connectivity index (χ1v) is 13.5. The number of aliphatic hydroxyl groups excluding tert-OH is 1. The molecule has 3 fully saturated rings. The van der Waals surface area contributed by atoms with Crippen molar-refractivity contribution in [2.75, 3.05) is 26.3 Å². The largest absolute Gasteiger partial charge is 0.465 e. The molecule has 190 valence electrons. The van der Waals surface area contributed by atoms with Crippen LogP contribution in [-0.4, -0.2) is 81.1 Å². The van der Waals surface area contributed by atoms with Gasteiger partial charge in [0.1, 0.15) is 6.04 Å². The lowest BCUT2D eigenvalue weighted by Gasteiger charge is -2.39. The number of β-amino-alcohol motifs (C(OH)–C–C–N with tert-alkyl or cyclic N) is 1. The van der Waals surface area contributed by atoms with Crippen molar-refractivity contribution in [3.8, 4) is 0 Å². The third kappa shape index (κ3) is 4.81. The number of carbonyl (C=O) groups excluding carboxylic acids is 3. The molecule has 0 radical (unpaired) electrons. The highest BCUT2D eigenvalue weighted by atomic mass is 32.2. The number of likely N-dealkylation sites (tertiary alicyclic amines) is 1. The number of carbonyl (C=O) groups is 3. The molecule has 1 N–H and O–H groups in total. The van der Waals surface area contributed by atoms with E-state index in [4.69, 9.17) is 4.74 Å². The molecule has 3 aliphatic heterocycles. The molecule has 6 atom stereocenters. The Kier molecular flexibility index (Phi) is 9.27. The second-order valence-corrected chi connectivity index (χ2v) is 11.3. The number of nitrogens with zero attached hydrogens (tertiary/aromatic N) is 2. The van der Waals surface area contributed by atoms with Crippen LogP contribution in [0.1, 0.15) is 58.8 Å². The fourth-order valence-electron chi connectivity index (χ4n) is 6.07. The van der Waals surface area contributed by atoms with Gasteiger partial charge in [0.05, 0.1) is 29.8 Å². The molecular weight excluding hydrogens is 452 g/mol. The molecule has 3 unspecified atom stereocenters. The third-order valence-electron chi connectivity index (χ3n) is 7.54. The van der Waals surface area contributed by atoms with Crippen LogP contribution >= 0.6 is 11.8 Å². The molecule has 3 heterocycles. The standard InChI is InChI=1S/C26H40N2O5S/c1-5-8-9-10-17-33-25(32)20-19-12-13-26(34-19)21(20)23(30)28(15-16-29)22(26)24(31)27(14-7-3)18(4)11-6-2/h5,7,18-22,29H,1,3,6,8-17H2,2,4H3/t18?,19-,20+,21+,22?,26?/m1/s1. The average Bonchev–Trinajstić information content (AvgIpc) is 3.45. The van der Waals surface area contributed by atoms with Gasteiger partial charge in [0, 0.05) is 24.4 Å². The van der Waals surface area contributed by atoms with E-state index in [1.807, 2.05) is 17.9 Å². The predicted octanol–water partition coefficient (Wildman–Crippen LogP) is 3.17. The molecule has 0 aromatic rings. The molecule has 0 aromatic heterocycles. The van der Waals surface area contributed by atoms with Gasteiger partial charge in [-0.05, 0) is 45.4 Å². The van der Waals surface area contributed by atoms with Crippen molar-refractivity contribution < 1.29 is 24.2 Å². The SMILES string of the molecule is C=CCCCCOC(=O)[C@@H]1[C@H]2C(=O)N(CCO)C(C(=O)N(CC=C)C(C)CCC)C23CC[C@H]1S3. The van der Waals surface area contributed by atoms with Crippen molar-refractivity contribution in [2.24, 2.45) is 11.8 Å². The second-order valence-electron chi connectivity index (χ2n) is 9.68. The first kappa shape index (κ1) is 26.8. The summed E-state index contributed by atoms with van der Waals surface area (Å²) in [6.07, 6.45) is 9.40.